The summed E-state index contributed by atoms with van der Waals surface area (Å²) < 4.78 is 10.7. The van der Waals surface area contributed by atoms with Crippen LogP contribution in [0.2, 0.25) is 0 Å². The molecule has 0 aliphatic heterocycles. The number of hydrogen-bond donors (Lipinski definition) is 1. The highest BCUT2D eigenvalue weighted by Gasteiger charge is 2.07. The Bertz CT molecular complexity index is 490. The fraction of sp³-hybridized carbons (Fsp3) is 0.943. The van der Waals surface area contributed by atoms with Crippen molar-refractivity contribution in [1.29, 1.82) is 0 Å². The van der Waals surface area contributed by atoms with Gasteiger partial charge in [0.1, 0.15) is 0 Å². The number of carbonyl (C=O) groups excluding carboxylic acids is 2. The Labute approximate surface area is 248 Å². The average Bonchev–Trinajstić information content (AvgIpc) is 2.94. The van der Waals surface area contributed by atoms with Crippen molar-refractivity contribution in [2.45, 2.75) is 200 Å². The Balaban J connectivity index is 3.36. The number of esters is 2. The lowest BCUT2D eigenvalue weighted by Crippen LogP contribution is -2.08. The maximum Gasteiger partial charge on any atom is 0.305 e. The third-order valence-electron chi connectivity index (χ3n) is 7.86. The van der Waals surface area contributed by atoms with Crippen LogP contribution in [0, 0.1) is 0 Å². The molecule has 238 valence electrons. The van der Waals surface area contributed by atoms with Crippen LogP contribution in [0.1, 0.15) is 194 Å². The zero-order chi connectivity index (χ0) is 29.4. The zero-order valence-electron chi connectivity index (χ0n) is 26.9. The number of aliphatic hydroxyl groups is 1. The molecule has 0 aromatic heterocycles. The average molecular weight is 569 g/mol. The van der Waals surface area contributed by atoms with Crippen LogP contribution < -0.4 is 0 Å². The molecule has 0 saturated carbocycles. The van der Waals surface area contributed by atoms with Gasteiger partial charge in [-0.05, 0) is 38.5 Å². The Hall–Kier alpha value is -1.10. The van der Waals surface area contributed by atoms with Gasteiger partial charge < -0.3 is 14.6 Å². The van der Waals surface area contributed by atoms with Gasteiger partial charge in [-0.1, -0.05) is 142 Å². The maximum atomic E-state index is 11.9. The third kappa shape index (κ3) is 31.4. The Kier molecular flexibility index (Phi) is 31.5. The monoisotopic (exact) mass is 569 g/mol. The van der Waals surface area contributed by atoms with Crippen molar-refractivity contribution in [2.75, 3.05) is 13.2 Å². The minimum absolute atomic E-state index is 0.0770. The normalized spacial score (nSPS) is 11.3. The molecular formula is C35H68O5. The molecule has 0 saturated heterocycles. The summed E-state index contributed by atoms with van der Waals surface area (Å²) >= 11 is 0. The highest BCUT2D eigenvalue weighted by atomic mass is 16.5. The molecule has 0 radical (unpaired) electrons. The SMILES string of the molecule is CCCCCCCCCCCOC(=O)CCCCCC(O)CCCCCC(=O)OCCCCCCCCCCC. The Morgan fingerprint density at radius 3 is 1.10 bits per heavy atom. The number of unbranched alkanes of at least 4 members (excludes halogenated alkanes) is 20. The summed E-state index contributed by atoms with van der Waals surface area (Å²) in [6.07, 6.45) is 30.6. The van der Waals surface area contributed by atoms with Crippen LogP contribution in [0.4, 0.5) is 0 Å². The molecule has 0 amide bonds. The van der Waals surface area contributed by atoms with Gasteiger partial charge in [0.05, 0.1) is 19.3 Å². The molecule has 40 heavy (non-hydrogen) atoms. The first-order valence-corrected chi connectivity index (χ1v) is 17.6. The van der Waals surface area contributed by atoms with Gasteiger partial charge >= 0.3 is 11.9 Å². The van der Waals surface area contributed by atoms with E-state index >= 15 is 0 Å². The van der Waals surface area contributed by atoms with Crippen LogP contribution in [-0.2, 0) is 19.1 Å². The lowest BCUT2D eigenvalue weighted by molar-refractivity contribution is -0.144. The van der Waals surface area contributed by atoms with E-state index in [2.05, 4.69) is 13.8 Å². The number of ether oxygens (including phenoxy) is 2. The van der Waals surface area contributed by atoms with Gasteiger partial charge in [-0.25, -0.2) is 0 Å². The molecule has 0 unspecified atom stereocenters. The summed E-state index contributed by atoms with van der Waals surface area (Å²) in [5.41, 5.74) is 0. The molecule has 0 aliphatic rings. The predicted molar refractivity (Wildman–Crippen MR) is 169 cm³/mol. The second-order valence-electron chi connectivity index (χ2n) is 12.0. The van der Waals surface area contributed by atoms with Crippen molar-refractivity contribution in [3.8, 4) is 0 Å². The van der Waals surface area contributed by atoms with E-state index in [0.29, 0.717) is 26.1 Å². The van der Waals surface area contributed by atoms with E-state index in [1.807, 2.05) is 0 Å². The van der Waals surface area contributed by atoms with E-state index in [0.717, 1.165) is 77.0 Å². The van der Waals surface area contributed by atoms with E-state index in [4.69, 9.17) is 9.47 Å². The first kappa shape index (κ1) is 38.9. The molecular weight excluding hydrogens is 500 g/mol. The van der Waals surface area contributed by atoms with Crippen LogP contribution in [-0.4, -0.2) is 36.4 Å². The summed E-state index contributed by atoms with van der Waals surface area (Å²) in [5, 5.41) is 10.2. The Morgan fingerprint density at radius 2 is 0.750 bits per heavy atom. The molecule has 0 aromatic carbocycles. The molecule has 0 heterocycles. The van der Waals surface area contributed by atoms with E-state index < -0.39 is 0 Å². The van der Waals surface area contributed by atoms with Gasteiger partial charge in [0.15, 0.2) is 0 Å². The minimum Gasteiger partial charge on any atom is -0.466 e. The number of hydrogen-bond acceptors (Lipinski definition) is 5. The minimum atomic E-state index is -0.280. The molecule has 0 fully saturated rings. The largest absolute Gasteiger partial charge is 0.466 e. The van der Waals surface area contributed by atoms with Crippen molar-refractivity contribution in [1.82, 2.24) is 0 Å². The lowest BCUT2D eigenvalue weighted by Gasteiger charge is -2.10. The highest BCUT2D eigenvalue weighted by molar-refractivity contribution is 5.69. The highest BCUT2D eigenvalue weighted by Crippen LogP contribution is 2.14. The van der Waals surface area contributed by atoms with Gasteiger partial charge in [0.2, 0.25) is 0 Å². The van der Waals surface area contributed by atoms with Crippen molar-refractivity contribution in [3.05, 3.63) is 0 Å². The van der Waals surface area contributed by atoms with Gasteiger partial charge in [0, 0.05) is 12.8 Å². The molecule has 5 nitrogen and oxygen atoms in total. The van der Waals surface area contributed by atoms with Gasteiger partial charge in [-0.3, -0.25) is 9.59 Å². The Morgan fingerprint density at radius 1 is 0.450 bits per heavy atom. The third-order valence-corrected chi connectivity index (χ3v) is 7.86. The molecule has 0 spiro atoms. The molecule has 0 atom stereocenters. The van der Waals surface area contributed by atoms with Crippen LogP contribution in [0.3, 0.4) is 0 Å². The summed E-state index contributed by atoms with van der Waals surface area (Å²) in [7, 11) is 0. The molecule has 0 rings (SSSR count). The quantitative estimate of drug-likeness (QED) is 0.0645. The van der Waals surface area contributed by atoms with Gasteiger partial charge in [-0.2, -0.15) is 0 Å². The predicted octanol–water partition coefficient (Wildman–Crippen LogP) is 10.4. The van der Waals surface area contributed by atoms with E-state index in [-0.39, 0.29) is 18.0 Å². The molecule has 1 N–H and O–H groups in total. The van der Waals surface area contributed by atoms with Crippen molar-refractivity contribution >= 4 is 11.9 Å². The fourth-order valence-corrected chi connectivity index (χ4v) is 5.14. The standard InChI is InChI=1S/C35H68O5/c1-3-5-7-9-11-13-15-17-25-31-39-34(37)29-23-19-21-27-33(36)28-22-20-24-30-35(38)40-32-26-18-16-14-12-10-8-6-4-2/h33,36H,3-32H2,1-2H3. The summed E-state index contributed by atoms with van der Waals surface area (Å²) in [6.45, 7) is 5.62. The molecule has 5 heteroatoms. The molecule has 0 aromatic rings. The van der Waals surface area contributed by atoms with Gasteiger partial charge in [0.25, 0.3) is 0 Å². The van der Waals surface area contributed by atoms with E-state index in [1.165, 1.54) is 89.9 Å². The van der Waals surface area contributed by atoms with Gasteiger partial charge in [-0.15, -0.1) is 0 Å². The van der Waals surface area contributed by atoms with Crippen molar-refractivity contribution in [2.24, 2.45) is 0 Å². The van der Waals surface area contributed by atoms with E-state index in [9.17, 15) is 14.7 Å². The topological polar surface area (TPSA) is 72.8 Å². The first-order chi connectivity index (χ1) is 19.6. The van der Waals surface area contributed by atoms with Crippen LogP contribution in [0.25, 0.3) is 0 Å². The van der Waals surface area contributed by atoms with Crippen molar-refractivity contribution in [3.63, 3.8) is 0 Å². The first-order valence-electron chi connectivity index (χ1n) is 17.6. The fourth-order valence-electron chi connectivity index (χ4n) is 5.14. The zero-order valence-corrected chi connectivity index (χ0v) is 26.9. The number of rotatable bonds is 32. The smallest absolute Gasteiger partial charge is 0.305 e. The second kappa shape index (κ2) is 32.4. The number of carbonyl (C=O) groups is 2. The van der Waals surface area contributed by atoms with Crippen molar-refractivity contribution < 1.29 is 24.2 Å². The molecule has 0 bridgehead atoms. The summed E-state index contributed by atoms with van der Waals surface area (Å²) in [4.78, 5) is 23.7. The van der Waals surface area contributed by atoms with Crippen LogP contribution in [0.15, 0.2) is 0 Å². The van der Waals surface area contributed by atoms with E-state index in [1.54, 1.807) is 0 Å². The summed E-state index contributed by atoms with van der Waals surface area (Å²) in [6, 6.07) is 0. The van der Waals surface area contributed by atoms with Crippen LogP contribution in [0.5, 0.6) is 0 Å². The second-order valence-corrected chi connectivity index (χ2v) is 12.0. The number of aliphatic hydroxyl groups excluding tert-OH is 1. The van der Waals surface area contributed by atoms with Crippen LogP contribution >= 0.6 is 0 Å². The lowest BCUT2D eigenvalue weighted by atomic mass is 10.0. The maximum absolute atomic E-state index is 11.9. The summed E-state index contributed by atoms with van der Waals surface area (Å²) in [5.74, 6) is -0.154. The molecule has 0 aliphatic carbocycles.